The van der Waals surface area contributed by atoms with Gasteiger partial charge in [0.05, 0.1) is 24.6 Å². The molecule has 9 rings (SSSR count). The molecule has 0 spiro atoms. The smallest absolute Gasteiger partial charge is 0.243 e. The van der Waals surface area contributed by atoms with Gasteiger partial charge >= 0.3 is 0 Å². The molecule has 0 saturated carbocycles. The fraction of sp³-hybridized carbons (Fsp3) is 0.128. The Morgan fingerprint density at radius 1 is 0.605 bits per heavy atom. The van der Waals surface area contributed by atoms with Gasteiger partial charge in [-0.3, -0.25) is 0 Å². The maximum absolute atomic E-state index is 5.54. The topological polar surface area (TPSA) is 26.6 Å². The summed E-state index contributed by atoms with van der Waals surface area (Å²) < 4.78 is 6.90. The molecule has 43 heavy (non-hydrogen) atoms. The Morgan fingerprint density at radius 3 is 2.02 bits per heavy atom. The third-order valence-corrected chi connectivity index (χ3v) is 9.26. The van der Waals surface area contributed by atoms with Gasteiger partial charge in [-0.2, -0.15) is 0 Å². The summed E-state index contributed by atoms with van der Waals surface area (Å²) in [4.78, 5) is 5.54. The maximum atomic E-state index is 5.54. The number of aromatic nitrogens is 4. The molecule has 0 aliphatic heterocycles. The van der Waals surface area contributed by atoms with Crippen molar-refractivity contribution in [2.24, 2.45) is 7.05 Å². The standard InChI is InChI=1S/C39H31N4/c1-41-23-24-42(25-41)21-6-7-22-43-38-33-14-5-3-12-30(33)29-11-2-4-13-32(29)37(38)40-39(43)34-20-18-28-16-15-26-9-8-10-27-17-19-31(34)36(28)35(26)27/h2-5,8-20,23-25H,6-7,21-22H2,1H3/q+1. The van der Waals surface area contributed by atoms with Crippen molar-refractivity contribution in [3.63, 3.8) is 0 Å². The van der Waals surface area contributed by atoms with Crippen LogP contribution in [0.3, 0.4) is 0 Å². The largest absolute Gasteiger partial charge is 0.323 e. The first-order chi connectivity index (χ1) is 21.2. The van der Waals surface area contributed by atoms with Crippen LogP contribution in [0.2, 0.25) is 0 Å². The third kappa shape index (κ3) is 3.69. The van der Waals surface area contributed by atoms with Gasteiger partial charge in [-0.15, -0.1) is 0 Å². The second-order valence-corrected chi connectivity index (χ2v) is 11.9. The van der Waals surface area contributed by atoms with E-state index in [1.54, 1.807) is 0 Å². The summed E-state index contributed by atoms with van der Waals surface area (Å²) in [5, 5.41) is 12.8. The molecule has 9 aromatic rings. The second kappa shape index (κ2) is 9.40. The van der Waals surface area contributed by atoms with E-state index >= 15 is 0 Å². The molecule has 0 atom stereocenters. The Bertz CT molecular complexity index is 2460. The number of fused-ring (bicyclic) bond motifs is 6. The zero-order valence-electron chi connectivity index (χ0n) is 24.2. The number of rotatable bonds is 6. The van der Waals surface area contributed by atoms with Gasteiger partial charge in [-0.1, -0.05) is 103 Å². The van der Waals surface area contributed by atoms with E-state index in [1.807, 2.05) is 0 Å². The van der Waals surface area contributed by atoms with E-state index in [4.69, 9.17) is 4.98 Å². The molecule has 4 heteroatoms. The highest BCUT2D eigenvalue weighted by Crippen LogP contribution is 2.42. The highest BCUT2D eigenvalue weighted by Gasteiger charge is 2.21. The Hall–Kier alpha value is -5.22. The van der Waals surface area contributed by atoms with E-state index in [0.717, 1.165) is 37.3 Å². The Kier molecular flexibility index (Phi) is 5.33. The summed E-state index contributed by atoms with van der Waals surface area (Å²) in [6.07, 6.45) is 8.57. The van der Waals surface area contributed by atoms with Gasteiger partial charge in [0.15, 0.2) is 0 Å². The van der Waals surface area contributed by atoms with Gasteiger partial charge in [-0.25, -0.2) is 14.1 Å². The fourth-order valence-electron chi connectivity index (χ4n) is 7.31. The summed E-state index contributed by atoms with van der Waals surface area (Å²) in [5.74, 6) is 1.06. The van der Waals surface area contributed by atoms with Crippen molar-refractivity contribution >= 4 is 64.9 Å². The number of benzene rings is 7. The lowest BCUT2D eigenvalue weighted by molar-refractivity contribution is -0.671. The van der Waals surface area contributed by atoms with Gasteiger partial charge in [0, 0.05) is 22.9 Å². The van der Waals surface area contributed by atoms with Crippen LogP contribution in [0, 0.1) is 0 Å². The van der Waals surface area contributed by atoms with Crippen molar-refractivity contribution in [3.8, 4) is 11.4 Å². The maximum Gasteiger partial charge on any atom is 0.243 e. The Balaban J connectivity index is 1.31. The molecule has 4 nitrogen and oxygen atoms in total. The van der Waals surface area contributed by atoms with Crippen molar-refractivity contribution in [2.45, 2.75) is 25.9 Å². The molecule has 206 valence electrons. The number of hydrogen-bond donors (Lipinski definition) is 0. The molecule has 0 aliphatic rings. The molecule has 0 fully saturated rings. The van der Waals surface area contributed by atoms with Crippen molar-refractivity contribution in [3.05, 3.63) is 122 Å². The highest BCUT2D eigenvalue weighted by molar-refractivity contribution is 6.27. The third-order valence-electron chi connectivity index (χ3n) is 9.26. The minimum absolute atomic E-state index is 0.906. The summed E-state index contributed by atoms with van der Waals surface area (Å²) in [5.41, 5.74) is 3.53. The fourth-order valence-corrected chi connectivity index (χ4v) is 7.31. The lowest BCUT2D eigenvalue weighted by Crippen LogP contribution is -2.23. The van der Waals surface area contributed by atoms with E-state index in [-0.39, 0.29) is 0 Å². The normalized spacial score (nSPS) is 12.2. The minimum atomic E-state index is 0.906. The monoisotopic (exact) mass is 555 g/mol. The summed E-state index contributed by atoms with van der Waals surface area (Å²) in [6.45, 7) is 1.91. The molecule has 0 unspecified atom stereocenters. The van der Waals surface area contributed by atoms with Crippen LogP contribution in [0.5, 0.6) is 0 Å². The zero-order chi connectivity index (χ0) is 28.5. The van der Waals surface area contributed by atoms with Gasteiger partial charge < -0.3 is 4.57 Å². The number of nitrogens with zero attached hydrogens (tertiary/aromatic N) is 4. The van der Waals surface area contributed by atoms with Crippen LogP contribution in [0.1, 0.15) is 12.8 Å². The predicted molar refractivity (Wildman–Crippen MR) is 179 cm³/mol. The SMILES string of the molecule is C[n+]1ccn(CCCCn2c(-c3ccc4ccc5cccc6ccc3c4c56)nc3c4ccccc4c4ccccc4c32)c1. The summed E-state index contributed by atoms with van der Waals surface area (Å²) in [7, 11) is 2.08. The van der Waals surface area contributed by atoms with Crippen LogP contribution in [-0.2, 0) is 20.1 Å². The van der Waals surface area contributed by atoms with Crippen molar-refractivity contribution in [1.82, 2.24) is 14.1 Å². The van der Waals surface area contributed by atoms with Crippen molar-refractivity contribution in [1.29, 1.82) is 0 Å². The minimum Gasteiger partial charge on any atom is -0.323 e. The highest BCUT2D eigenvalue weighted by atomic mass is 15.1. The lowest BCUT2D eigenvalue weighted by Gasteiger charge is -2.16. The first kappa shape index (κ1) is 24.4. The van der Waals surface area contributed by atoms with Crippen LogP contribution >= 0.6 is 0 Å². The van der Waals surface area contributed by atoms with Crippen LogP contribution in [-0.4, -0.2) is 14.1 Å². The van der Waals surface area contributed by atoms with Crippen LogP contribution in [0.25, 0.3) is 76.3 Å². The molecule has 0 N–H and O–H groups in total. The second-order valence-electron chi connectivity index (χ2n) is 11.9. The van der Waals surface area contributed by atoms with Gasteiger partial charge in [-0.05, 0) is 55.9 Å². The molecule has 2 heterocycles. The first-order valence-corrected chi connectivity index (χ1v) is 15.2. The molecule has 0 aliphatic carbocycles. The molecule has 0 saturated heterocycles. The number of hydrogen-bond acceptors (Lipinski definition) is 1. The Morgan fingerprint density at radius 2 is 1.26 bits per heavy atom. The first-order valence-electron chi connectivity index (χ1n) is 15.2. The van der Waals surface area contributed by atoms with E-state index in [0.29, 0.717) is 0 Å². The van der Waals surface area contributed by atoms with Gasteiger partial charge in [0.2, 0.25) is 6.33 Å². The average molecular weight is 556 g/mol. The zero-order valence-corrected chi connectivity index (χ0v) is 24.2. The number of aryl methyl sites for hydroxylation is 3. The predicted octanol–water partition coefficient (Wildman–Crippen LogP) is 9.01. The summed E-state index contributed by atoms with van der Waals surface area (Å²) >= 11 is 0. The van der Waals surface area contributed by atoms with Gasteiger partial charge in [0.1, 0.15) is 18.2 Å². The number of imidazole rings is 2. The molecule has 2 aromatic heterocycles. The van der Waals surface area contributed by atoms with E-state index < -0.39 is 0 Å². The van der Waals surface area contributed by atoms with E-state index in [1.165, 1.54) is 64.9 Å². The quantitative estimate of drug-likeness (QED) is 0.114. The Labute approximate surface area is 249 Å². The van der Waals surface area contributed by atoms with Crippen LogP contribution in [0.15, 0.2) is 122 Å². The molecular formula is C39H31N4+. The van der Waals surface area contributed by atoms with Crippen LogP contribution in [0.4, 0.5) is 0 Å². The van der Waals surface area contributed by atoms with Gasteiger partial charge in [0.25, 0.3) is 0 Å². The van der Waals surface area contributed by atoms with Crippen LogP contribution < -0.4 is 4.57 Å². The van der Waals surface area contributed by atoms with Crippen molar-refractivity contribution in [2.75, 3.05) is 0 Å². The molecule has 0 bridgehead atoms. The number of unbranched alkanes of at least 4 members (excludes halogenated alkanes) is 1. The lowest BCUT2D eigenvalue weighted by atomic mass is 9.92. The van der Waals surface area contributed by atoms with E-state index in [9.17, 15) is 0 Å². The average Bonchev–Trinajstić information content (AvgIpc) is 3.65. The molecule has 0 amide bonds. The molecule has 0 radical (unpaired) electrons. The summed E-state index contributed by atoms with van der Waals surface area (Å²) in [6, 6.07) is 37.9. The molecule has 7 aromatic carbocycles. The molecular weight excluding hydrogens is 524 g/mol. The van der Waals surface area contributed by atoms with Crippen molar-refractivity contribution < 1.29 is 4.57 Å². The van der Waals surface area contributed by atoms with E-state index in [2.05, 4.69) is 143 Å².